The van der Waals surface area contributed by atoms with Crippen LogP contribution in [-0.4, -0.2) is 28.4 Å². The van der Waals surface area contributed by atoms with Crippen LogP contribution in [0.25, 0.3) is 0 Å². The summed E-state index contributed by atoms with van der Waals surface area (Å²) >= 11 is 0.131. The van der Waals surface area contributed by atoms with E-state index in [1.807, 2.05) is 36.4 Å². The predicted molar refractivity (Wildman–Crippen MR) is 69.8 cm³/mol. The fourth-order valence-electron chi connectivity index (χ4n) is 1.52. The summed E-state index contributed by atoms with van der Waals surface area (Å²) in [7, 11) is 1.58. The van der Waals surface area contributed by atoms with Gasteiger partial charge in [0, 0.05) is 0 Å². The van der Waals surface area contributed by atoms with Crippen molar-refractivity contribution in [2.24, 2.45) is 0 Å². The SMILES string of the molecule is COc1cccc([Se]c2ccccc2)c1C=O. The Bertz CT molecular complexity index is 509. The second-order valence-corrected chi connectivity index (χ2v) is 5.75. The first-order chi connectivity index (χ1) is 8.35. The molecule has 2 nitrogen and oxygen atoms in total. The molecular formula is C14H12O2Se. The molecule has 0 aliphatic carbocycles. The quantitative estimate of drug-likeness (QED) is 0.624. The molecule has 2 aromatic rings. The van der Waals surface area contributed by atoms with Gasteiger partial charge in [-0.25, -0.2) is 0 Å². The van der Waals surface area contributed by atoms with Gasteiger partial charge in [-0.05, 0) is 0 Å². The van der Waals surface area contributed by atoms with Crippen LogP contribution >= 0.6 is 0 Å². The Balaban J connectivity index is 2.36. The second kappa shape index (κ2) is 5.67. The van der Waals surface area contributed by atoms with Crippen LogP contribution in [0.2, 0.25) is 0 Å². The molecule has 0 N–H and O–H groups in total. The van der Waals surface area contributed by atoms with Gasteiger partial charge in [-0.15, -0.1) is 0 Å². The zero-order valence-corrected chi connectivity index (χ0v) is 11.1. The molecule has 0 saturated carbocycles. The molecule has 0 heterocycles. The Morgan fingerprint density at radius 1 is 1.06 bits per heavy atom. The molecule has 2 rings (SSSR count). The van der Waals surface area contributed by atoms with Gasteiger partial charge in [0.05, 0.1) is 0 Å². The number of benzene rings is 2. The van der Waals surface area contributed by atoms with Crippen LogP contribution in [0, 0.1) is 0 Å². The molecule has 0 spiro atoms. The molecule has 0 atom stereocenters. The van der Waals surface area contributed by atoms with E-state index in [2.05, 4.69) is 12.1 Å². The summed E-state index contributed by atoms with van der Waals surface area (Å²) in [6, 6.07) is 15.9. The molecule has 0 aromatic heterocycles. The zero-order chi connectivity index (χ0) is 12.1. The Labute approximate surface area is 107 Å². The van der Waals surface area contributed by atoms with Crippen molar-refractivity contribution in [1.29, 1.82) is 0 Å². The summed E-state index contributed by atoms with van der Waals surface area (Å²) in [5, 5.41) is 0. The molecule has 2 aromatic carbocycles. The minimum atomic E-state index is 0.131. The van der Waals surface area contributed by atoms with E-state index in [0.29, 0.717) is 11.3 Å². The average molecular weight is 291 g/mol. The van der Waals surface area contributed by atoms with E-state index in [4.69, 9.17) is 4.74 Å². The summed E-state index contributed by atoms with van der Waals surface area (Å²) in [6.07, 6.45) is 0.874. The molecule has 0 fully saturated rings. The number of carbonyl (C=O) groups excluding carboxylic acids is 1. The van der Waals surface area contributed by atoms with Gasteiger partial charge in [0.15, 0.2) is 0 Å². The van der Waals surface area contributed by atoms with Crippen molar-refractivity contribution in [3.63, 3.8) is 0 Å². The van der Waals surface area contributed by atoms with Gasteiger partial charge in [-0.3, -0.25) is 0 Å². The Morgan fingerprint density at radius 3 is 2.47 bits per heavy atom. The van der Waals surface area contributed by atoms with Gasteiger partial charge < -0.3 is 0 Å². The molecule has 0 amide bonds. The fourth-order valence-corrected chi connectivity index (χ4v) is 3.52. The fraction of sp³-hybridized carbons (Fsp3) is 0.0714. The molecule has 0 bridgehead atoms. The van der Waals surface area contributed by atoms with E-state index in [0.717, 1.165) is 10.7 Å². The first-order valence-electron chi connectivity index (χ1n) is 5.20. The van der Waals surface area contributed by atoms with Gasteiger partial charge >= 0.3 is 107 Å². The number of hydrogen-bond donors (Lipinski definition) is 0. The first-order valence-corrected chi connectivity index (χ1v) is 6.91. The third kappa shape index (κ3) is 2.76. The van der Waals surface area contributed by atoms with Gasteiger partial charge in [0.25, 0.3) is 0 Å². The monoisotopic (exact) mass is 292 g/mol. The van der Waals surface area contributed by atoms with E-state index in [9.17, 15) is 4.79 Å². The molecule has 0 radical (unpaired) electrons. The maximum absolute atomic E-state index is 11.1. The van der Waals surface area contributed by atoms with Crippen molar-refractivity contribution < 1.29 is 9.53 Å². The van der Waals surface area contributed by atoms with Gasteiger partial charge in [-0.1, -0.05) is 0 Å². The molecule has 86 valence electrons. The average Bonchev–Trinajstić information content (AvgIpc) is 2.39. The number of ether oxygens (including phenoxy) is 1. The number of carbonyl (C=O) groups is 1. The summed E-state index contributed by atoms with van der Waals surface area (Å²) in [5.74, 6) is 0.648. The first kappa shape index (κ1) is 11.9. The molecule has 0 aliphatic heterocycles. The topological polar surface area (TPSA) is 26.3 Å². The molecule has 17 heavy (non-hydrogen) atoms. The summed E-state index contributed by atoms with van der Waals surface area (Å²) < 4.78 is 7.49. The molecule has 0 aliphatic rings. The van der Waals surface area contributed by atoms with Crippen LogP contribution in [-0.2, 0) is 0 Å². The molecular weight excluding hydrogens is 279 g/mol. The number of hydrogen-bond acceptors (Lipinski definition) is 2. The van der Waals surface area contributed by atoms with E-state index < -0.39 is 0 Å². The van der Waals surface area contributed by atoms with Crippen LogP contribution < -0.4 is 13.7 Å². The van der Waals surface area contributed by atoms with Gasteiger partial charge in [-0.2, -0.15) is 0 Å². The van der Waals surface area contributed by atoms with Gasteiger partial charge in [0.1, 0.15) is 0 Å². The van der Waals surface area contributed by atoms with Crippen molar-refractivity contribution in [1.82, 2.24) is 0 Å². The maximum atomic E-state index is 11.1. The van der Waals surface area contributed by atoms with Crippen LogP contribution in [0.3, 0.4) is 0 Å². The Hall–Kier alpha value is -1.57. The van der Waals surface area contributed by atoms with Crippen molar-refractivity contribution in [2.75, 3.05) is 7.11 Å². The Kier molecular flexibility index (Phi) is 3.97. The van der Waals surface area contributed by atoms with Crippen LogP contribution in [0.1, 0.15) is 10.4 Å². The summed E-state index contributed by atoms with van der Waals surface area (Å²) in [5.41, 5.74) is 0.666. The number of aldehydes is 1. The Morgan fingerprint density at radius 2 is 1.82 bits per heavy atom. The number of rotatable bonds is 4. The van der Waals surface area contributed by atoms with Crippen LogP contribution in [0.15, 0.2) is 48.5 Å². The van der Waals surface area contributed by atoms with Crippen molar-refractivity contribution >= 4 is 30.2 Å². The molecule has 0 saturated heterocycles. The standard InChI is InChI=1S/C14H12O2Se/c1-16-13-8-5-9-14(12(13)10-15)17-11-6-3-2-4-7-11/h2-10H,1H3. The number of methoxy groups -OCH3 is 1. The second-order valence-electron chi connectivity index (χ2n) is 3.41. The van der Waals surface area contributed by atoms with Crippen LogP contribution in [0.4, 0.5) is 0 Å². The minimum absolute atomic E-state index is 0.131. The van der Waals surface area contributed by atoms with Crippen molar-refractivity contribution in [2.45, 2.75) is 0 Å². The normalized spacial score (nSPS) is 9.94. The molecule has 3 heteroatoms. The van der Waals surface area contributed by atoms with Gasteiger partial charge in [0.2, 0.25) is 0 Å². The third-order valence-corrected chi connectivity index (χ3v) is 4.61. The van der Waals surface area contributed by atoms with E-state index in [-0.39, 0.29) is 15.0 Å². The summed E-state index contributed by atoms with van der Waals surface area (Å²) in [4.78, 5) is 11.1. The summed E-state index contributed by atoms with van der Waals surface area (Å²) in [6.45, 7) is 0. The molecule has 0 unspecified atom stereocenters. The van der Waals surface area contributed by atoms with Crippen LogP contribution in [0.5, 0.6) is 5.75 Å². The van der Waals surface area contributed by atoms with E-state index in [1.54, 1.807) is 7.11 Å². The zero-order valence-electron chi connectivity index (χ0n) is 9.42. The van der Waals surface area contributed by atoms with Crippen molar-refractivity contribution in [3.8, 4) is 5.75 Å². The van der Waals surface area contributed by atoms with E-state index >= 15 is 0 Å². The third-order valence-electron chi connectivity index (χ3n) is 2.33. The van der Waals surface area contributed by atoms with Crippen molar-refractivity contribution in [3.05, 3.63) is 54.1 Å². The predicted octanol–water partition coefficient (Wildman–Crippen LogP) is 1.16. The van der Waals surface area contributed by atoms with E-state index in [1.165, 1.54) is 4.46 Å².